The first kappa shape index (κ1) is 12.2. The van der Waals surface area contributed by atoms with Crippen LogP contribution in [0.2, 0.25) is 0 Å². The fraction of sp³-hybridized carbons (Fsp3) is 0.818. The standard InChI is InChI=1S/C11H19N3O3/c1-10(2,3)17-9(16)14-5-4-12-6-11(14)7-13-8(11)15/h12H,4-7H2,1-3H3,(H,13,15). The van der Waals surface area contributed by atoms with E-state index in [-0.39, 0.29) is 5.91 Å². The molecule has 1 spiro atoms. The number of rotatable bonds is 0. The van der Waals surface area contributed by atoms with Crippen molar-refractivity contribution in [2.45, 2.75) is 31.9 Å². The van der Waals surface area contributed by atoms with Gasteiger partial charge in [-0.2, -0.15) is 0 Å². The highest BCUT2D eigenvalue weighted by atomic mass is 16.6. The van der Waals surface area contributed by atoms with Gasteiger partial charge in [0.2, 0.25) is 5.91 Å². The fourth-order valence-corrected chi connectivity index (χ4v) is 2.10. The molecule has 2 aliphatic heterocycles. The van der Waals surface area contributed by atoms with Gasteiger partial charge >= 0.3 is 6.09 Å². The average molecular weight is 241 g/mol. The van der Waals surface area contributed by atoms with Crippen molar-refractivity contribution >= 4 is 12.0 Å². The molecule has 0 aromatic rings. The number of nitrogens with zero attached hydrogens (tertiary/aromatic N) is 1. The van der Waals surface area contributed by atoms with E-state index in [0.717, 1.165) is 0 Å². The number of carbonyl (C=O) groups excluding carboxylic acids is 2. The average Bonchev–Trinajstić information content (AvgIpc) is 2.24. The van der Waals surface area contributed by atoms with E-state index in [1.807, 2.05) is 20.8 Å². The number of β-lactam (4-membered cyclic amide) rings is 1. The SMILES string of the molecule is CC(C)(C)OC(=O)N1CCNCC12CNC2=O. The summed E-state index contributed by atoms with van der Waals surface area (Å²) in [6.07, 6.45) is -0.408. The Kier molecular flexibility index (Phi) is 2.77. The van der Waals surface area contributed by atoms with E-state index in [2.05, 4.69) is 10.6 Å². The molecule has 2 fully saturated rings. The van der Waals surface area contributed by atoms with E-state index in [1.54, 1.807) is 4.90 Å². The van der Waals surface area contributed by atoms with Gasteiger partial charge in [-0.25, -0.2) is 4.79 Å². The van der Waals surface area contributed by atoms with Crippen molar-refractivity contribution in [1.82, 2.24) is 15.5 Å². The summed E-state index contributed by atoms with van der Waals surface area (Å²) in [7, 11) is 0. The van der Waals surface area contributed by atoms with Gasteiger partial charge < -0.3 is 15.4 Å². The lowest BCUT2D eigenvalue weighted by atomic mass is 9.87. The number of piperazine rings is 1. The first-order chi connectivity index (χ1) is 7.85. The van der Waals surface area contributed by atoms with Gasteiger partial charge in [0.1, 0.15) is 5.60 Å². The Balaban J connectivity index is 2.12. The molecule has 2 N–H and O–H groups in total. The van der Waals surface area contributed by atoms with Crippen LogP contribution in [0.15, 0.2) is 0 Å². The van der Waals surface area contributed by atoms with Gasteiger partial charge in [-0.05, 0) is 20.8 Å². The molecule has 0 aromatic heterocycles. The van der Waals surface area contributed by atoms with Crippen molar-refractivity contribution in [1.29, 1.82) is 0 Å². The molecule has 1 unspecified atom stereocenters. The van der Waals surface area contributed by atoms with Crippen LogP contribution in [0.25, 0.3) is 0 Å². The largest absolute Gasteiger partial charge is 0.444 e. The van der Waals surface area contributed by atoms with Gasteiger partial charge in [-0.1, -0.05) is 0 Å². The maximum atomic E-state index is 12.1. The van der Waals surface area contributed by atoms with Crippen LogP contribution in [0, 0.1) is 0 Å². The van der Waals surface area contributed by atoms with Gasteiger partial charge in [0.05, 0.1) is 6.54 Å². The van der Waals surface area contributed by atoms with E-state index in [9.17, 15) is 9.59 Å². The van der Waals surface area contributed by atoms with Crippen LogP contribution in [-0.4, -0.2) is 54.2 Å². The zero-order valence-corrected chi connectivity index (χ0v) is 10.5. The third-order valence-corrected chi connectivity index (χ3v) is 3.02. The number of carbonyl (C=O) groups is 2. The fourth-order valence-electron chi connectivity index (χ4n) is 2.10. The zero-order valence-electron chi connectivity index (χ0n) is 10.5. The summed E-state index contributed by atoms with van der Waals surface area (Å²) in [4.78, 5) is 25.3. The molecular weight excluding hydrogens is 222 g/mol. The highest BCUT2D eigenvalue weighted by Gasteiger charge is 2.55. The van der Waals surface area contributed by atoms with Gasteiger partial charge in [0.15, 0.2) is 5.54 Å². The molecule has 0 aromatic carbocycles. The lowest BCUT2D eigenvalue weighted by molar-refractivity contribution is -0.144. The summed E-state index contributed by atoms with van der Waals surface area (Å²) in [5.74, 6) is -0.101. The van der Waals surface area contributed by atoms with Crippen LogP contribution in [0.5, 0.6) is 0 Å². The molecule has 6 heteroatoms. The van der Waals surface area contributed by atoms with Crippen molar-refractivity contribution in [2.75, 3.05) is 26.2 Å². The maximum Gasteiger partial charge on any atom is 0.411 e. The maximum absolute atomic E-state index is 12.1. The van der Waals surface area contributed by atoms with Crippen molar-refractivity contribution in [2.24, 2.45) is 0 Å². The van der Waals surface area contributed by atoms with Crippen LogP contribution in [0.1, 0.15) is 20.8 Å². The molecule has 2 rings (SSSR count). The molecule has 0 aliphatic carbocycles. The number of nitrogens with one attached hydrogen (secondary N) is 2. The molecule has 2 aliphatic rings. The number of ether oxygens (including phenoxy) is 1. The summed E-state index contributed by atoms with van der Waals surface area (Å²) in [6, 6.07) is 0. The van der Waals surface area contributed by atoms with E-state index in [4.69, 9.17) is 4.74 Å². The summed E-state index contributed by atoms with van der Waals surface area (Å²) in [6.45, 7) is 7.65. The Morgan fingerprint density at radius 1 is 1.41 bits per heavy atom. The van der Waals surface area contributed by atoms with Gasteiger partial charge in [-0.3, -0.25) is 9.69 Å². The Morgan fingerprint density at radius 3 is 2.59 bits per heavy atom. The second kappa shape index (κ2) is 3.87. The van der Waals surface area contributed by atoms with Gasteiger partial charge in [-0.15, -0.1) is 0 Å². The lowest BCUT2D eigenvalue weighted by Gasteiger charge is -2.51. The molecule has 6 nitrogen and oxygen atoms in total. The minimum absolute atomic E-state index is 0.101. The third kappa shape index (κ3) is 2.09. The summed E-state index contributed by atoms with van der Waals surface area (Å²) in [5.41, 5.74) is -1.27. The molecule has 17 heavy (non-hydrogen) atoms. The van der Waals surface area contributed by atoms with E-state index < -0.39 is 17.2 Å². The predicted octanol–water partition coefficient (Wildman–Crippen LogP) is -0.305. The molecule has 96 valence electrons. The normalized spacial score (nSPS) is 28.6. The van der Waals surface area contributed by atoms with Crippen LogP contribution in [-0.2, 0) is 9.53 Å². The smallest absolute Gasteiger partial charge is 0.411 e. The first-order valence-electron chi connectivity index (χ1n) is 5.85. The molecule has 1 atom stereocenters. The predicted molar refractivity (Wildman–Crippen MR) is 61.6 cm³/mol. The summed E-state index contributed by atoms with van der Waals surface area (Å²) in [5, 5.41) is 5.83. The molecule has 2 saturated heterocycles. The Hall–Kier alpha value is -1.30. The van der Waals surface area contributed by atoms with Crippen molar-refractivity contribution in [3.8, 4) is 0 Å². The summed E-state index contributed by atoms with van der Waals surface area (Å²) >= 11 is 0. The molecule has 0 bridgehead atoms. The second-order valence-corrected chi connectivity index (χ2v) is 5.52. The van der Waals surface area contributed by atoms with Crippen LogP contribution in [0.3, 0.4) is 0 Å². The van der Waals surface area contributed by atoms with Crippen LogP contribution in [0.4, 0.5) is 4.79 Å². The summed E-state index contributed by atoms with van der Waals surface area (Å²) < 4.78 is 5.34. The van der Waals surface area contributed by atoms with E-state index >= 15 is 0 Å². The minimum atomic E-state index is -0.736. The quantitative estimate of drug-likeness (QED) is 0.571. The monoisotopic (exact) mass is 241 g/mol. The molecule has 2 amide bonds. The van der Waals surface area contributed by atoms with Gasteiger partial charge in [0, 0.05) is 19.6 Å². The molecule has 0 radical (unpaired) electrons. The first-order valence-corrected chi connectivity index (χ1v) is 5.85. The van der Waals surface area contributed by atoms with Crippen molar-refractivity contribution in [3.05, 3.63) is 0 Å². The van der Waals surface area contributed by atoms with E-state index in [0.29, 0.717) is 26.2 Å². The second-order valence-electron chi connectivity index (χ2n) is 5.52. The van der Waals surface area contributed by atoms with Crippen LogP contribution < -0.4 is 10.6 Å². The zero-order chi connectivity index (χ0) is 12.7. The minimum Gasteiger partial charge on any atom is -0.444 e. The highest BCUT2D eigenvalue weighted by Crippen LogP contribution is 2.25. The number of amides is 2. The molecule has 0 saturated carbocycles. The Morgan fingerprint density at radius 2 is 2.12 bits per heavy atom. The topological polar surface area (TPSA) is 70.7 Å². The molecular formula is C11H19N3O3. The van der Waals surface area contributed by atoms with Crippen LogP contribution >= 0.6 is 0 Å². The Bertz CT molecular complexity index is 350. The lowest BCUT2D eigenvalue weighted by Crippen LogP contribution is -2.80. The molecule has 2 heterocycles. The highest BCUT2D eigenvalue weighted by molar-refractivity contribution is 5.96. The van der Waals surface area contributed by atoms with E-state index in [1.165, 1.54) is 0 Å². The third-order valence-electron chi connectivity index (χ3n) is 3.02. The number of hydrogen-bond acceptors (Lipinski definition) is 4. The van der Waals surface area contributed by atoms with Crippen molar-refractivity contribution < 1.29 is 14.3 Å². The van der Waals surface area contributed by atoms with Crippen molar-refractivity contribution in [3.63, 3.8) is 0 Å². The Labute approximate surface area is 101 Å². The number of hydrogen-bond donors (Lipinski definition) is 2. The van der Waals surface area contributed by atoms with Gasteiger partial charge in [0.25, 0.3) is 0 Å².